The van der Waals surface area contributed by atoms with E-state index in [1.54, 1.807) is 37.6 Å². The summed E-state index contributed by atoms with van der Waals surface area (Å²) in [5, 5.41) is 6.82. The van der Waals surface area contributed by atoms with Crippen molar-refractivity contribution in [2.75, 3.05) is 86.6 Å². The van der Waals surface area contributed by atoms with Crippen molar-refractivity contribution in [3.63, 3.8) is 0 Å². The molecule has 43 heavy (non-hydrogen) atoms. The molecule has 0 aliphatic carbocycles. The molecule has 0 unspecified atom stereocenters. The van der Waals surface area contributed by atoms with Gasteiger partial charge in [0, 0.05) is 89.0 Å². The van der Waals surface area contributed by atoms with Gasteiger partial charge in [-0.15, -0.1) is 0 Å². The first-order valence-electron chi connectivity index (χ1n) is 14.8. The maximum atomic E-state index is 5.80. The number of piperidine rings is 1. The number of likely N-dealkylation sites (N-methyl/N-ethyl adjacent to an activating group) is 1. The number of anilines is 6. The lowest BCUT2D eigenvalue weighted by Crippen LogP contribution is -2.52. The second-order valence-electron chi connectivity index (χ2n) is 11.0. The summed E-state index contributed by atoms with van der Waals surface area (Å²) in [6.45, 7) is 6.81. The maximum absolute atomic E-state index is 5.80. The Labute approximate surface area is 257 Å². The summed E-state index contributed by atoms with van der Waals surface area (Å²) in [7, 11) is 5.93. The molecule has 4 aromatic rings. The average Bonchev–Trinajstić information content (AvgIpc) is 3.05. The Morgan fingerprint density at radius 1 is 0.884 bits per heavy atom. The Bertz CT molecular complexity index is 1540. The van der Waals surface area contributed by atoms with Crippen LogP contribution in [0.2, 0.25) is 0 Å². The minimum Gasteiger partial charge on any atom is -0.494 e. The summed E-state index contributed by atoms with van der Waals surface area (Å²) in [5.41, 5.74) is 5.48. The molecule has 0 atom stereocenters. The van der Waals surface area contributed by atoms with Crippen molar-refractivity contribution in [3.8, 4) is 5.75 Å². The zero-order valence-electron chi connectivity index (χ0n) is 25.3. The molecule has 12 heteroatoms. The van der Waals surface area contributed by atoms with Crippen LogP contribution in [0.25, 0.3) is 11.0 Å². The van der Waals surface area contributed by atoms with Crippen LogP contribution in [-0.4, -0.2) is 103 Å². The third-order valence-corrected chi connectivity index (χ3v) is 9.17. The molecule has 0 radical (unpaired) electrons. The molecule has 2 aliphatic heterocycles. The smallest absolute Gasteiger partial charge is 0.229 e. The van der Waals surface area contributed by atoms with Crippen molar-refractivity contribution in [1.29, 1.82) is 0 Å². The second-order valence-corrected chi connectivity index (χ2v) is 11.9. The quantitative estimate of drug-likeness (QED) is 0.257. The van der Waals surface area contributed by atoms with Gasteiger partial charge in [0.25, 0.3) is 0 Å². The molecule has 2 N–H and O–H groups in total. The second kappa shape index (κ2) is 13.2. The van der Waals surface area contributed by atoms with E-state index in [0.29, 0.717) is 17.8 Å². The van der Waals surface area contributed by atoms with E-state index in [0.717, 1.165) is 46.9 Å². The first-order valence-corrected chi connectivity index (χ1v) is 15.9. The molecule has 2 saturated heterocycles. The monoisotopic (exact) mass is 600 g/mol. The number of nitrogens with zero attached hydrogens (tertiary/aromatic N) is 8. The van der Waals surface area contributed by atoms with E-state index in [-0.39, 0.29) is 0 Å². The molecule has 2 aromatic heterocycles. The third-order valence-electron chi connectivity index (χ3n) is 8.44. The fourth-order valence-electron chi connectivity index (χ4n) is 5.94. The minimum atomic E-state index is 0.476. The van der Waals surface area contributed by atoms with E-state index in [4.69, 9.17) is 9.72 Å². The Balaban J connectivity index is 1.14. The molecule has 0 amide bonds. The Hall–Kier alpha value is -3.87. The van der Waals surface area contributed by atoms with Crippen LogP contribution in [0, 0.1) is 0 Å². The minimum absolute atomic E-state index is 0.476. The van der Waals surface area contributed by atoms with Crippen molar-refractivity contribution >= 4 is 57.5 Å². The van der Waals surface area contributed by atoms with Gasteiger partial charge >= 0.3 is 0 Å². The Morgan fingerprint density at radius 3 is 2.42 bits per heavy atom. The fraction of sp³-hybridized carbons (Fsp3) is 0.419. The van der Waals surface area contributed by atoms with Crippen LogP contribution in [-0.2, 0) is 0 Å². The first kappa shape index (κ1) is 29.2. The predicted octanol–water partition coefficient (Wildman–Crippen LogP) is 4.85. The number of fused-ring (bicyclic) bond motifs is 1. The van der Waals surface area contributed by atoms with E-state index in [1.807, 2.05) is 31.5 Å². The largest absolute Gasteiger partial charge is 0.494 e. The molecule has 2 aromatic carbocycles. The van der Waals surface area contributed by atoms with Gasteiger partial charge in [-0.1, -0.05) is 11.9 Å². The van der Waals surface area contributed by atoms with E-state index in [2.05, 4.69) is 69.8 Å². The molecule has 6 rings (SSSR count). The van der Waals surface area contributed by atoms with Gasteiger partial charge in [-0.3, -0.25) is 14.9 Å². The molecular formula is C31H40N10OS. The third kappa shape index (κ3) is 6.56. The SMILES string of the molecule is COc1cc(N2CCC(N3CCN(C)CC3)CC2)ccc1Nc1nccc(Nc2ccc3nccnc3c2N(C)SC)n1. The Morgan fingerprint density at radius 2 is 1.65 bits per heavy atom. The lowest BCUT2D eigenvalue weighted by Gasteiger charge is -2.42. The van der Waals surface area contributed by atoms with Gasteiger partial charge in [0.1, 0.15) is 17.1 Å². The summed E-state index contributed by atoms with van der Waals surface area (Å²) >= 11 is 1.60. The van der Waals surface area contributed by atoms with Gasteiger partial charge in [0.2, 0.25) is 5.95 Å². The highest BCUT2D eigenvalue weighted by Crippen LogP contribution is 2.37. The number of benzene rings is 2. The lowest BCUT2D eigenvalue weighted by atomic mass is 10.0. The van der Waals surface area contributed by atoms with Crippen molar-refractivity contribution in [1.82, 2.24) is 29.7 Å². The van der Waals surface area contributed by atoms with Gasteiger partial charge in [-0.05, 0) is 50.2 Å². The number of piperazine rings is 1. The molecule has 0 saturated carbocycles. The summed E-state index contributed by atoms with van der Waals surface area (Å²) in [5.74, 6) is 1.90. The van der Waals surface area contributed by atoms with Gasteiger partial charge in [-0.2, -0.15) is 4.98 Å². The number of ether oxygens (including phenoxy) is 1. The van der Waals surface area contributed by atoms with Crippen molar-refractivity contribution < 1.29 is 4.74 Å². The van der Waals surface area contributed by atoms with E-state index in [9.17, 15) is 0 Å². The van der Waals surface area contributed by atoms with Gasteiger partial charge in [-0.25, -0.2) is 4.98 Å². The van der Waals surface area contributed by atoms with Crippen molar-refractivity contribution in [3.05, 3.63) is 55.0 Å². The molecule has 2 fully saturated rings. The van der Waals surface area contributed by atoms with Crippen molar-refractivity contribution in [2.45, 2.75) is 18.9 Å². The van der Waals surface area contributed by atoms with Crippen LogP contribution in [0.15, 0.2) is 55.0 Å². The number of hydrogen-bond acceptors (Lipinski definition) is 12. The summed E-state index contributed by atoms with van der Waals surface area (Å²) in [4.78, 5) is 25.9. The highest BCUT2D eigenvalue weighted by molar-refractivity contribution is 7.99. The topological polar surface area (TPSA) is 97.8 Å². The molecule has 0 bridgehead atoms. The number of methoxy groups -OCH3 is 1. The van der Waals surface area contributed by atoms with Crippen LogP contribution < -0.4 is 24.6 Å². The first-order chi connectivity index (χ1) is 21.0. The number of nitrogens with one attached hydrogen (secondary N) is 2. The molecule has 4 heterocycles. The van der Waals surface area contributed by atoms with Crippen LogP contribution in [0.1, 0.15) is 12.8 Å². The van der Waals surface area contributed by atoms with E-state index in [1.165, 1.54) is 44.7 Å². The van der Waals surface area contributed by atoms with Crippen LogP contribution in [0.4, 0.5) is 34.5 Å². The number of aromatic nitrogens is 4. The zero-order chi connectivity index (χ0) is 29.8. The van der Waals surface area contributed by atoms with Crippen molar-refractivity contribution in [2.24, 2.45) is 0 Å². The van der Waals surface area contributed by atoms with Gasteiger partial charge in [0.05, 0.1) is 29.7 Å². The molecular weight excluding hydrogens is 560 g/mol. The van der Waals surface area contributed by atoms with E-state index >= 15 is 0 Å². The number of rotatable bonds is 9. The predicted molar refractivity (Wildman–Crippen MR) is 177 cm³/mol. The highest BCUT2D eigenvalue weighted by atomic mass is 32.2. The normalized spacial score (nSPS) is 16.8. The van der Waals surface area contributed by atoms with E-state index < -0.39 is 0 Å². The fourth-order valence-corrected chi connectivity index (χ4v) is 6.30. The van der Waals surface area contributed by atoms with Gasteiger partial charge in [0.15, 0.2) is 0 Å². The summed E-state index contributed by atoms with van der Waals surface area (Å²) in [6.07, 6.45) is 9.57. The molecule has 2 aliphatic rings. The Kier molecular flexibility index (Phi) is 8.96. The highest BCUT2D eigenvalue weighted by Gasteiger charge is 2.27. The lowest BCUT2D eigenvalue weighted by molar-refractivity contribution is 0.0982. The zero-order valence-corrected chi connectivity index (χ0v) is 26.1. The summed E-state index contributed by atoms with van der Waals surface area (Å²) in [6, 6.07) is 12.8. The molecule has 11 nitrogen and oxygen atoms in total. The van der Waals surface area contributed by atoms with Crippen LogP contribution in [0.3, 0.4) is 0 Å². The maximum Gasteiger partial charge on any atom is 0.229 e. The molecule has 226 valence electrons. The summed E-state index contributed by atoms with van der Waals surface area (Å²) < 4.78 is 7.87. The number of hydrogen-bond donors (Lipinski definition) is 2. The molecule has 0 spiro atoms. The standard InChI is InChI=1S/C31H40N10OS/c1-38-17-19-41(20-18-38)22-10-15-40(16-11-22)23-5-6-24(27(21-23)42-3)36-31-34-12-9-28(37-31)35-26-8-7-25-29(33-14-13-32-25)30(26)39(2)43-4/h5-9,12-14,21-22H,10-11,15-20H2,1-4H3,(H2,34,35,36,37). The van der Waals surface area contributed by atoms with Crippen LogP contribution in [0.5, 0.6) is 5.75 Å². The van der Waals surface area contributed by atoms with Crippen LogP contribution >= 0.6 is 11.9 Å². The van der Waals surface area contributed by atoms with Gasteiger partial charge < -0.3 is 29.5 Å². The average molecular weight is 601 g/mol.